The van der Waals surface area contributed by atoms with Gasteiger partial charge in [-0.25, -0.2) is 0 Å². The third-order valence-corrected chi connectivity index (χ3v) is 5.28. The molecule has 0 saturated carbocycles. The number of amides is 1. The van der Waals surface area contributed by atoms with E-state index in [-0.39, 0.29) is 11.5 Å². The average molecular weight is 332 g/mol. The Labute approximate surface area is 144 Å². The fourth-order valence-electron chi connectivity index (χ4n) is 4.05. The molecule has 24 heavy (non-hydrogen) atoms. The van der Waals surface area contributed by atoms with Crippen molar-refractivity contribution in [3.05, 3.63) is 35.4 Å². The highest BCUT2D eigenvalue weighted by Gasteiger charge is 2.46. The highest BCUT2D eigenvalue weighted by Crippen LogP contribution is 2.38. The van der Waals surface area contributed by atoms with Gasteiger partial charge in [-0.3, -0.25) is 4.79 Å². The van der Waals surface area contributed by atoms with E-state index in [1.165, 1.54) is 0 Å². The van der Waals surface area contributed by atoms with Crippen molar-refractivity contribution < 1.29 is 14.6 Å². The van der Waals surface area contributed by atoms with Crippen molar-refractivity contribution in [1.82, 2.24) is 10.2 Å². The first-order valence-corrected chi connectivity index (χ1v) is 8.81. The molecule has 2 heterocycles. The van der Waals surface area contributed by atoms with Gasteiger partial charge in [0.15, 0.2) is 0 Å². The van der Waals surface area contributed by atoms with Gasteiger partial charge in [-0.05, 0) is 45.0 Å². The molecule has 5 heteroatoms. The zero-order valence-corrected chi connectivity index (χ0v) is 14.7. The molecular formula is C19H28N2O3. The molecule has 2 N–H and O–H groups in total. The van der Waals surface area contributed by atoms with Gasteiger partial charge in [0, 0.05) is 32.0 Å². The summed E-state index contributed by atoms with van der Waals surface area (Å²) in [5.41, 5.74) is 0.632. The van der Waals surface area contributed by atoms with Crippen molar-refractivity contribution >= 4 is 5.91 Å². The Balaban J connectivity index is 1.68. The van der Waals surface area contributed by atoms with E-state index in [9.17, 15) is 9.90 Å². The van der Waals surface area contributed by atoms with Gasteiger partial charge in [-0.1, -0.05) is 17.7 Å². The number of hydrogen-bond donors (Lipinski definition) is 2. The fraction of sp³-hybridized carbons (Fsp3) is 0.632. The molecule has 2 aliphatic heterocycles. The molecule has 132 valence electrons. The molecule has 0 aliphatic carbocycles. The van der Waals surface area contributed by atoms with Gasteiger partial charge in [-0.15, -0.1) is 0 Å². The van der Waals surface area contributed by atoms with E-state index in [2.05, 4.69) is 5.32 Å². The van der Waals surface area contributed by atoms with E-state index in [1.807, 2.05) is 31.2 Å². The highest BCUT2D eigenvalue weighted by atomic mass is 16.5. The van der Waals surface area contributed by atoms with Crippen LogP contribution < -0.4 is 5.32 Å². The molecule has 1 aromatic carbocycles. The number of likely N-dealkylation sites (N-methyl/N-ethyl adjacent to an activating group) is 1. The number of hydrogen-bond acceptors (Lipinski definition) is 4. The van der Waals surface area contributed by atoms with E-state index >= 15 is 0 Å². The number of carbonyl (C=O) groups is 1. The van der Waals surface area contributed by atoms with E-state index in [0.717, 1.165) is 31.5 Å². The summed E-state index contributed by atoms with van der Waals surface area (Å²) in [5, 5.41) is 14.5. The van der Waals surface area contributed by atoms with Crippen LogP contribution in [0.3, 0.4) is 0 Å². The average Bonchev–Trinajstić information content (AvgIpc) is 2.54. The smallest absolute Gasteiger partial charge is 0.253 e. The fourth-order valence-corrected chi connectivity index (χ4v) is 4.05. The minimum absolute atomic E-state index is 0.0435. The van der Waals surface area contributed by atoms with Crippen LogP contribution in [0, 0.1) is 6.92 Å². The quantitative estimate of drug-likeness (QED) is 0.885. The third-order valence-electron chi connectivity index (χ3n) is 5.28. The molecule has 1 aromatic rings. The van der Waals surface area contributed by atoms with Crippen molar-refractivity contribution in [3.8, 4) is 0 Å². The molecule has 5 nitrogen and oxygen atoms in total. The molecule has 0 radical (unpaired) electrons. The molecule has 2 aliphatic rings. The van der Waals surface area contributed by atoms with Gasteiger partial charge in [-0.2, -0.15) is 0 Å². The minimum Gasteiger partial charge on any atom is -0.388 e. The lowest BCUT2D eigenvalue weighted by atomic mass is 9.77. The predicted molar refractivity (Wildman–Crippen MR) is 93.1 cm³/mol. The second-order valence-electron chi connectivity index (χ2n) is 7.46. The summed E-state index contributed by atoms with van der Waals surface area (Å²) < 4.78 is 6.04. The van der Waals surface area contributed by atoms with Gasteiger partial charge in [0.1, 0.15) is 0 Å². The Bertz CT molecular complexity index is 593. The second kappa shape index (κ2) is 6.82. The maximum Gasteiger partial charge on any atom is 0.253 e. The molecule has 2 saturated heterocycles. The van der Waals surface area contributed by atoms with Crippen LogP contribution in [-0.2, 0) is 4.74 Å². The lowest BCUT2D eigenvalue weighted by Crippen LogP contribution is -2.57. The van der Waals surface area contributed by atoms with Crippen LogP contribution >= 0.6 is 0 Å². The van der Waals surface area contributed by atoms with Crippen LogP contribution in [0.4, 0.5) is 0 Å². The Morgan fingerprint density at radius 3 is 2.79 bits per heavy atom. The zero-order chi connectivity index (χ0) is 17.2. The van der Waals surface area contributed by atoms with Gasteiger partial charge < -0.3 is 20.1 Å². The number of rotatable bonds is 3. The van der Waals surface area contributed by atoms with E-state index in [4.69, 9.17) is 4.74 Å². The normalized spacial score (nSPS) is 26.3. The summed E-state index contributed by atoms with van der Waals surface area (Å²) >= 11 is 0. The minimum atomic E-state index is -0.871. The summed E-state index contributed by atoms with van der Waals surface area (Å²) in [6.07, 6.45) is 3.02. The van der Waals surface area contributed by atoms with Gasteiger partial charge in [0.05, 0.1) is 17.8 Å². The van der Waals surface area contributed by atoms with Crippen LogP contribution in [-0.4, -0.2) is 60.4 Å². The van der Waals surface area contributed by atoms with Crippen LogP contribution in [0.25, 0.3) is 0 Å². The highest BCUT2D eigenvalue weighted by molar-refractivity contribution is 5.94. The third kappa shape index (κ3) is 3.79. The first-order chi connectivity index (χ1) is 11.4. The molecule has 1 unspecified atom stereocenters. The van der Waals surface area contributed by atoms with Crippen LogP contribution in [0.15, 0.2) is 24.3 Å². The van der Waals surface area contributed by atoms with Crippen LogP contribution in [0.5, 0.6) is 0 Å². The van der Waals surface area contributed by atoms with Crippen molar-refractivity contribution in [2.45, 2.75) is 43.8 Å². The summed E-state index contributed by atoms with van der Waals surface area (Å²) in [7, 11) is 1.77. The monoisotopic (exact) mass is 332 g/mol. The maximum atomic E-state index is 12.7. The van der Waals surface area contributed by atoms with E-state index in [1.54, 1.807) is 11.9 Å². The summed E-state index contributed by atoms with van der Waals surface area (Å²) in [6.45, 7) is 4.73. The number of nitrogens with zero attached hydrogens (tertiary/aromatic N) is 1. The van der Waals surface area contributed by atoms with E-state index < -0.39 is 5.60 Å². The number of benzene rings is 1. The number of aliphatic hydroxyl groups is 1. The molecule has 1 spiro atoms. The molecule has 3 rings (SSSR count). The number of carbonyl (C=O) groups excluding carboxylic acids is 1. The van der Waals surface area contributed by atoms with E-state index in [0.29, 0.717) is 31.6 Å². The molecule has 0 bridgehead atoms. The zero-order valence-electron chi connectivity index (χ0n) is 14.7. The SMILES string of the molecule is Cc1cccc(C(=O)N(C)CC2(O)CCOC3(CCNCC3)C2)c1. The van der Waals surface area contributed by atoms with Gasteiger partial charge in [0.25, 0.3) is 5.91 Å². The lowest BCUT2D eigenvalue weighted by molar-refractivity contribution is -0.173. The number of aryl methyl sites for hydroxylation is 1. The number of nitrogens with one attached hydrogen (secondary N) is 1. The maximum absolute atomic E-state index is 12.7. The summed E-state index contributed by atoms with van der Waals surface area (Å²) in [5.74, 6) is -0.0435. The topological polar surface area (TPSA) is 61.8 Å². The summed E-state index contributed by atoms with van der Waals surface area (Å²) in [6, 6.07) is 7.59. The Morgan fingerprint density at radius 2 is 2.08 bits per heavy atom. The summed E-state index contributed by atoms with van der Waals surface area (Å²) in [4.78, 5) is 14.3. The largest absolute Gasteiger partial charge is 0.388 e. The molecule has 1 amide bonds. The second-order valence-corrected chi connectivity index (χ2v) is 7.46. The lowest BCUT2D eigenvalue weighted by Gasteiger charge is -2.48. The number of piperidine rings is 1. The van der Waals surface area contributed by atoms with Gasteiger partial charge >= 0.3 is 0 Å². The first-order valence-electron chi connectivity index (χ1n) is 8.81. The van der Waals surface area contributed by atoms with Crippen molar-refractivity contribution in [2.75, 3.05) is 33.3 Å². The molecule has 2 fully saturated rings. The van der Waals surface area contributed by atoms with Crippen molar-refractivity contribution in [1.29, 1.82) is 0 Å². The predicted octanol–water partition coefficient (Wildman–Crippen LogP) is 1.73. The standard InChI is InChI=1S/C19H28N2O3/c1-15-4-3-5-16(12-15)17(22)21(2)14-18(23)8-11-24-19(13-18)6-9-20-10-7-19/h3-5,12,20,23H,6-11,13-14H2,1-2H3. The molecular weight excluding hydrogens is 304 g/mol. The Hall–Kier alpha value is -1.43. The van der Waals surface area contributed by atoms with Crippen molar-refractivity contribution in [3.63, 3.8) is 0 Å². The first kappa shape index (κ1) is 17.4. The van der Waals surface area contributed by atoms with Crippen LogP contribution in [0.2, 0.25) is 0 Å². The Kier molecular flexibility index (Phi) is 4.95. The van der Waals surface area contributed by atoms with Crippen LogP contribution in [0.1, 0.15) is 41.6 Å². The molecule has 0 aromatic heterocycles. The Morgan fingerprint density at radius 1 is 1.33 bits per heavy atom. The van der Waals surface area contributed by atoms with Gasteiger partial charge in [0.2, 0.25) is 0 Å². The number of ether oxygens (including phenoxy) is 1. The van der Waals surface area contributed by atoms with Crippen molar-refractivity contribution in [2.24, 2.45) is 0 Å². The molecule has 1 atom stereocenters.